The average Bonchev–Trinajstić information content (AvgIpc) is 2.93. The number of carbonyl (C=O) groups excluding carboxylic acids is 1. The van der Waals surface area contributed by atoms with Crippen molar-refractivity contribution in [2.45, 2.75) is 84.7 Å². The van der Waals surface area contributed by atoms with Crippen molar-refractivity contribution in [3.63, 3.8) is 0 Å². The van der Waals surface area contributed by atoms with Crippen LogP contribution in [0.25, 0.3) is 17.2 Å². The standard InChI is InChI=1S/C34H43NO3/c1-8-33(37,9-2)17-16-27-12-13-29(18-24(27)5)34(10-3,11-4)30-14-15-31(25(6)19-30)28-20-26(22-35-23-28)21-32(36)38-7/h12-20,22-23,37H,8-11,21H2,1-7H3. The van der Waals surface area contributed by atoms with Gasteiger partial charge in [-0.1, -0.05) is 76.2 Å². The summed E-state index contributed by atoms with van der Waals surface area (Å²) in [4.78, 5) is 16.1. The Hall–Kier alpha value is -3.24. The summed E-state index contributed by atoms with van der Waals surface area (Å²) in [7, 11) is 1.40. The highest BCUT2D eigenvalue weighted by Gasteiger charge is 2.31. The molecule has 0 unspecified atom stereocenters. The monoisotopic (exact) mass is 513 g/mol. The molecule has 0 spiro atoms. The highest BCUT2D eigenvalue weighted by Crippen LogP contribution is 2.41. The molecule has 4 nitrogen and oxygen atoms in total. The minimum absolute atomic E-state index is 0.102. The fourth-order valence-electron chi connectivity index (χ4n) is 5.38. The van der Waals surface area contributed by atoms with E-state index in [1.54, 1.807) is 6.20 Å². The molecule has 0 radical (unpaired) electrons. The maximum absolute atomic E-state index is 11.7. The fraction of sp³-hybridized carbons (Fsp3) is 0.412. The van der Waals surface area contributed by atoms with Gasteiger partial charge in [-0.15, -0.1) is 0 Å². The first kappa shape index (κ1) is 29.3. The van der Waals surface area contributed by atoms with Crippen LogP contribution < -0.4 is 0 Å². The number of pyridine rings is 1. The summed E-state index contributed by atoms with van der Waals surface area (Å²) >= 11 is 0. The Labute approximate surface area is 228 Å². The van der Waals surface area contributed by atoms with Gasteiger partial charge in [-0.25, -0.2) is 0 Å². The second kappa shape index (κ2) is 12.5. The molecule has 0 bridgehead atoms. The predicted octanol–water partition coefficient (Wildman–Crippen LogP) is 7.75. The Morgan fingerprint density at radius 3 is 2.08 bits per heavy atom. The molecule has 0 aliphatic carbocycles. The van der Waals surface area contributed by atoms with Crippen molar-refractivity contribution in [2.24, 2.45) is 0 Å². The summed E-state index contributed by atoms with van der Waals surface area (Å²) in [6, 6.07) is 15.5. The molecule has 0 fully saturated rings. The van der Waals surface area contributed by atoms with E-state index >= 15 is 0 Å². The molecular weight excluding hydrogens is 470 g/mol. The second-order valence-electron chi connectivity index (χ2n) is 10.4. The van der Waals surface area contributed by atoms with Crippen molar-refractivity contribution in [1.82, 2.24) is 4.98 Å². The lowest BCUT2D eigenvalue weighted by Crippen LogP contribution is -2.26. The number of ether oxygens (including phenoxy) is 1. The number of hydrogen-bond donors (Lipinski definition) is 1. The Balaban J connectivity index is 1.98. The van der Waals surface area contributed by atoms with E-state index in [2.05, 4.69) is 75.2 Å². The number of carbonyl (C=O) groups is 1. The molecule has 0 amide bonds. The number of aromatic nitrogens is 1. The zero-order valence-corrected chi connectivity index (χ0v) is 24.1. The third-order valence-corrected chi connectivity index (χ3v) is 8.29. The molecular formula is C34H43NO3. The van der Waals surface area contributed by atoms with E-state index in [1.165, 1.54) is 29.4 Å². The maximum Gasteiger partial charge on any atom is 0.310 e. The minimum Gasteiger partial charge on any atom is -0.469 e. The van der Waals surface area contributed by atoms with Crippen molar-refractivity contribution >= 4 is 12.0 Å². The summed E-state index contributed by atoms with van der Waals surface area (Å²) < 4.78 is 4.82. The lowest BCUT2D eigenvalue weighted by Gasteiger charge is -2.34. The Morgan fingerprint density at radius 1 is 0.895 bits per heavy atom. The lowest BCUT2D eigenvalue weighted by atomic mass is 9.69. The van der Waals surface area contributed by atoms with Crippen LogP contribution in [0.15, 0.2) is 60.9 Å². The number of methoxy groups -OCH3 is 1. The van der Waals surface area contributed by atoms with Gasteiger partial charge in [0, 0.05) is 23.4 Å². The molecule has 0 aliphatic heterocycles. The molecule has 2 aromatic carbocycles. The number of rotatable bonds is 11. The Morgan fingerprint density at radius 2 is 1.53 bits per heavy atom. The van der Waals surface area contributed by atoms with Crippen molar-refractivity contribution in [2.75, 3.05) is 7.11 Å². The molecule has 38 heavy (non-hydrogen) atoms. The van der Waals surface area contributed by atoms with Gasteiger partial charge >= 0.3 is 5.97 Å². The molecule has 3 rings (SSSR count). The summed E-state index contributed by atoms with van der Waals surface area (Å²) in [5, 5.41) is 10.7. The maximum atomic E-state index is 11.7. The highest BCUT2D eigenvalue weighted by molar-refractivity contribution is 5.74. The van der Waals surface area contributed by atoms with Crippen molar-refractivity contribution in [3.8, 4) is 11.1 Å². The van der Waals surface area contributed by atoms with Gasteiger partial charge in [-0.2, -0.15) is 0 Å². The van der Waals surface area contributed by atoms with Gasteiger partial charge in [0.2, 0.25) is 0 Å². The quantitative estimate of drug-likeness (QED) is 0.266. The van der Waals surface area contributed by atoms with Crippen LogP contribution in [0.4, 0.5) is 0 Å². The fourth-order valence-corrected chi connectivity index (χ4v) is 5.38. The van der Waals surface area contributed by atoms with Gasteiger partial charge in [0.1, 0.15) is 0 Å². The number of hydrogen-bond acceptors (Lipinski definition) is 4. The van der Waals surface area contributed by atoms with E-state index < -0.39 is 5.60 Å². The molecule has 3 aromatic rings. The van der Waals surface area contributed by atoms with Crippen LogP contribution in [0.5, 0.6) is 0 Å². The molecule has 0 atom stereocenters. The van der Waals surface area contributed by atoms with E-state index in [9.17, 15) is 9.90 Å². The molecule has 1 N–H and O–H groups in total. The first-order valence-corrected chi connectivity index (χ1v) is 13.8. The Bertz CT molecular complexity index is 1280. The van der Waals surface area contributed by atoms with Crippen molar-refractivity contribution < 1.29 is 14.6 Å². The van der Waals surface area contributed by atoms with Gasteiger partial charge in [-0.3, -0.25) is 9.78 Å². The second-order valence-corrected chi connectivity index (χ2v) is 10.4. The molecule has 0 aliphatic rings. The van der Waals surface area contributed by atoms with Crippen LogP contribution in [0.2, 0.25) is 0 Å². The smallest absolute Gasteiger partial charge is 0.310 e. The summed E-state index contributed by atoms with van der Waals surface area (Å²) in [6.07, 6.45) is 11.2. The zero-order chi connectivity index (χ0) is 27.9. The molecule has 1 heterocycles. The third kappa shape index (κ3) is 6.24. The Kier molecular flexibility index (Phi) is 9.67. The lowest BCUT2D eigenvalue weighted by molar-refractivity contribution is -0.139. The van der Waals surface area contributed by atoms with Crippen LogP contribution in [0.3, 0.4) is 0 Å². The zero-order valence-electron chi connectivity index (χ0n) is 24.1. The largest absolute Gasteiger partial charge is 0.469 e. The number of aryl methyl sites for hydroxylation is 2. The third-order valence-electron chi connectivity index (χ3n) is 8.29. The minimum atomic E-state index is -0.755. The van der Waals surface area contributed by atoms with Gasteiger partial charge < -0.3 is 9.84 Å². The van der Waals surface area contributed by atoms with Crippen molar-refractivity contribution in [1.29, 1.82) is 0 Å². The highest BCUT2D eigenvalue weighted by atomic mass is 16.5. The van der Waals surface area contributed by atoms with Crippen LogP contribution in [-0.2, 0) is 21.4 Å². The van der Waals surface area contributed by atoms with E-state index in [0.29, 0.717) is 12.8 Å². The summed E-state index contributed by atoms with van der Waals surface area (Å²) in [6.45, 7) is 12.9. The first-order chi connectivity index (χ1) is 18.1. The van der Waals surface area contributed by atoms with Crippen LogP contribution in [0.1, 0.15) is 86.8 Å². The molecule has 0 saturated carbocycles. The van der Waals surface area contributed by atoms with Gasteiger partial charge in [0.05, 0.1) is 19.1 Å². The normalized spacial score (nSPS) is 12.2. The first-order valence-electron chi connectivity index (χ1n) is 13.8. The number of benzene rings is 2. The molecule has 4 heteroatoms. The van der Waals surface area contributed by atoms with E-state index in [0.717, 1.165) is 35.1 Å². The van der Waals surface area contributed by atoms with Crippen LogP contribution >= 0.6 is 0 Å². The van der Waals surface area contributed by atoms with Gasteiger partial charge in [0.15, 0.2) is 0 Å². The van der Waals surface area contributed by atoms with Crippen LogP contribution in [-0.4, -0.2) is 28.8 Å². The van der Waals surface area contributed by atoms with Crippen molar-refractivity contribution in [3.05, 3.63) is 94.3 Å². The number of esters is 1. The SMILES string of the molecule is CCC(O)(C=Cc1ccc(C(CC)(CC)c2ccc(-c3cncc(CC(=O)OC)c3)c(C)c2)cc1C)CC. The number of aliphatic hydroxyl groups is 1. The van der Waals surface area contributed by atoms with E-state index in [-0.39, 0.29) is 17.8 Å². The van der Waals surface area contributed by atoms with E-state index in [4.69, 9.17) is 4.74 Å². The van der Waals surface area contributed by atoms with Crippen LogP contribution in [0, 0.1) is 13.8 Å². The van der Waals surface area contributed by atoms with Gasteiger partial charge in [0.25, 0.3) is 0 Å². The van der Waals surface area contributed by atoms with Gasteiger partial charge in [-0.05, 0) is 84.5 Å². The summed E-state index contributed by atoms with van der Waals surface area (Å²) in [5.74, 6) is -0.269. The average molecular weight is 514 g/mol. The molecule has 1 aromatic heterocycles. The topological polar surface area (TPSA) is 59.4 Å². The summed E-state index contributed by atoms with van der Waals surface area (Å²) in [5.41, 5.74) is 8.25. The molecule has 202 valence electrons. The molecule has 0 saturated heterocycles. The number of nitrogens with zero attached hydrogens (tertiary/aromatic N) is 1. The predicted molar refractivity (Wildman–Crippen MR) is 157 cm³/mol. The van der Waals surface area contributed by atoms with E-state index in [1.807, 2.05) is 32.2 Å².